The van der Waals surface area contributed by atoms with Gasteiger partial charge in [0.25, 0.3) is 0 Å². The second kappa shape index (κ2) is 9.68. The van der Waals surface area contributed by atoms with Crippen molar-refractivity contribution in [2.75, 3.05) is 19.6 Å². The minimum Gasteiger partial charge on any atom is -0.388 e. The largest absolute Gasteiger partial charge is 0.388 e. The average Bonchev–Trinajstić information content (AvgIpc) is 3.12. The molecule has 1 aromatic carbocycles. The van der Waals surface area contributed by atoms with Crippen LogP contribution in [-0.2, 0) is 6.42 Å². The molecule has 2 aromatic heterocycles. The van der Waals surface area contributed by atoms with E-state index in [0.29, 0.717) is 19.5 Å². The van der Waals surface area contributed by atoms with Gasteiger partial charge in [0, 0.05) is 32.3 Å². The van der Waals surface area contributed by atoms with Gasteiger partial charge in [0.2, 0.25) is 0 Å². The van der Waals surface area contributed by atoms with E-state index < -0.39 is 6.10 Å². The zero-order valence-corrected chi connectivity index (χ0v) is 15.5. The third-order valence-electron chi connectivity index (χ3n) is 4.23. The van der Waals surface area contributed by atoms with Crippen molar-refractivity contribution in [2.24, 2.45) is 4.99 Å². The minimum atomic E-state index is -0.500. The predicted octanol–water partition coefficient (Wildman–Crippen LogP) is 1.95. The number of aliphatic hydroxyl groups is 1. The second-order valence-corrected chi connectivity index (χ2v) is 6.20. The van der Waals surface area contributed by atoms with Crippen LogP contribution < -0.4 is 10.6 Å². The van der Waals surface area contributed by atoms with Crippen molar-refractivity contribution in [3.8, 4) is 0 Å². The lowest BCUT2D eigenvalue weighted by molar-refractivity contribution is 0.170. The molecule has 0 bridgehead atoms. The number of aliphatic hydroxyl groups excluding tert-OH is 1. The molecular formula is C20H26N6O. The van der Waals surface area contributed by atoms with E-state index in [1.165, 1.54) is 0 Å². The average molecular weight is 366 g/mol. The molecule has 3 N–H and O–H groups in total. The lowest BCUT2D eigenvalue weighted by Crippen LogP contribution is -2.38. The van der Waals surface area contributed by atoms with Crippen LogP contribution in [0.5, 0.6) is 0 Å². The number of pyridine rings is 1. The highest BCUT2D eigenvalue weighted by Gasteiger charge is 2.07. The number of nitrogens with zero attached hydrogens (tertiary/aromatic N) is 4. The zero-order chi connectivity index (χ0) is 18.9. The lowest BCUT2D eigenvalue weighted by Gasteiger charge is -2.12. The molecule has 3 rings (SSSR count). The number of rotatable bonds is 8. The highest BCUT2D eigenvalue weighted by Crippen LogP contribution is 2.15. The number of aliphatic imine (C=N–C) groups is 1. The number of fused-ring (bicyclic) bond motifs is 1. The van der Waals surface area contributed by atoms with E-state index in [4.69, 9.17) is 0 Å². The Morgan fingerprint density at radius 1 is 1.11 bits per heavy atom. The number of guanidine groups is 1. The molecule has 0 aliphatic carbocycles. The van der Waals surface area contributed by atoms with Crippen LogP contribution in [0.25, 0.3) is 5.65 Å². The van der Waals surface area contributed by atoms with Crippen LogP contribution in [0.3, 0.4) is 0 Å². The van der Waals surface area contributed by atoms with Crippen LogP contribution in [0.2, 0.25) is 0 Å². The molecule has 1 atom stereocenters. The van der Waals surface area contributed by atoms with Gasteiger partial charge in [-0.05, 0) is 31.0 Å². The fourth-order valence-corrected chi connectivity index (χ4v) is 2.84. The topological polar surface area (TPSA) is 86.8 Å². The Morgan fingerprint density at radius 3 is 2.74 bits per heavy atom. The Bertz CT molecular complexity index is 861. The summed E-state index contributed by atoms with van der Waals surface area (Å²) in [5.74, 6) is 1.65. The Morgan fingerprint density at radius 2 is 1.93 bits per heavy atom. The first kappa shape index (κ1) is 18.8. The number of hydrogen-bond donors (Lipinski definition) is 3. The predicted molar refractivity (Wildman–Crippen MR) is 107 cm³/mol. The molecule has 0 saturated heterocycles. The summed E-state index contributed by atoms with van der Waals surface area (Å²) in [7, 11) is 0. The monoisotopic (exact) mass is 366 g/mol. The fourth-order valence-electron chi connectivity index (χ4n) is 2.84. The first-order valence-electron chi connectivity index (χ1n) is 9.31. The molecule has 1 unspecified atom stereocenters. The van der Waals surface area contributed by atoms with Gasteiger partial charge in [0.15, 0.2) is 11.6 Å². The van der Waals surface area contributed by atoms with Gasteiger partial charge >= 0.3 is 0 Å². The van der Waals surface area contributed by atoms with Crippen molar-refractivity contribution >= 4 is 11.6 Å². The summed E-state index contributed by atoms with van der Waals surface area (Å²) in [6.45, 7) is 4.05. The second-order valence-electron chi connectivity index (χ2n) is 6.20. The standard InChI is InChI=1S/C20H26N6O/c1-2-21-20(22-13-11-17(27)16-8-4-3-5-9-16)23-14-12-19-25-24-18-10-6-7-15-26(18)19/h3-10,15,17,27H,2,11-14H2,1H3,(H2,21,22,23). The van der Waals surface area contributed by atoms with Gasteiger partial charge in [-0.2, -0.15) is 0 Å². The molecule has 3 aromatic rings. The summed E-state index contributed by atoms with van der Waals surface area (Å²) < 4.78 is 1.99. The highest BCUT2D eigenvalue weighted by molar-refractivity contribution is 5.79. The van der Waals surface area contributed by atoms with Gasteiger partial charge in [-0.15, -0.1) is 10.2 Å². The smallest absolute Gasteiger partial charge is 0.191 e. The Balaban J connectivity index is 1.50. The van der Waals surface area contributed by atoms with E-state index >= 15 is 0 Å². The summed E-state index contributed by atoms with van der Waals surface area (Å²) >= 11 is 0. The summed E-state index contributed by atoms with van der Waals surface area (Å²) in [4.78, 5) is 4.55. The van der Waals surface area contributed by atoms with E-state index in [-0.39, 0.29) is 0 Å². The van der Waals surface area contributed by atoms with Crippen molar-refractivity contribution in [1.29, 1.82) is 0 Å². The van der Waals surface area contributed by atoms with Crippen molar-refractivity contribution in [3.63, 3.8) is 0 Å². The number of hydrogen-bond acceptors (Lipinski definition) is 4. The Kier molecular flexibility index (Phi) is 6.76. The van der Waals surface area contributed by atoms with Crippen LogP contribution in [0, 0.1) is 0 Å². The summed E-state index contributed by atoms with van der Waals surface area (Å²) in [5.41, 5.74) is 1.77. The summed E-state index contributed by atoms with van der Waals surface area (Å²) in [5, 5.41) is 25.2. The van der Waals surface area contributed by atoms with Crippen molar-refractivity contribution in [1.82, 2.24) is 25.2 Å². The maximum Gasteiger partial charge on any atom is 0.191 e. The summed E-state index contributed by atoms with van der Waals surface area (Å²) in [6.07, 6.45) is 2.78. The van der Waals surface area contributed by atoms with Gasteiger partial charge in [0.05, 0.1) is 6.10 Å². The molecular weight excluding hydrogens is 340 g/mol. The van der Waals surface area contributed by atoms with Gasteiger partial charge < -0.3 is 15.7 Å². The molecule has 0 fully saturated rings. The summed E-state index contributed by atoms with van der Waals surface area (Å²) in [6, 6.07) is 15.5. The highest BCUT2D eigenvalue weighted by atomic mass is 16.3. The first-order chi connectivity index (χ1) is 13.3. The third-order valence-corrected chi connectivity index (χ3v) is 4.23. The van der Waals surface area contributed by atoms with E-state index in [1.54, 1.807) is 0 Å². The molecule has 0 aliphatic rings. The normalized spacial score (nSPS) is 12.9. The van der Waals surface area contributed by atoms with Crippen molar-refractivity contribution < 1.29 is 5.11 Å². The Hall–Kier alpha value is -2.93. The molecule has 27 heavy (non-hydrogen) atoms. The molecule has 0 aliphatic heterocycles. The van der Waals surface area contributed by atoms with E-state index in [1.807, 2.05) is 66.1 Å². The van der Waals surface area contributed by atoms with Crippen LogP contribution in [0.15, 0.2) is 59.7 Å². The quantitative estimate of drug-likeness (QED) is 0.419. The fraction of sp³-hybridized carbons (Fsp3) is 0.350. The molecule has 0 amide bonds. The third kappa shape index (κ3) is 5.27. The van der Waals surface area contributed by atoms with Crippen LogP contribution >= 0.6 is 0 Å². The van der Waals surface area contributed by atoms with Gasteiger partial charge in [-0.1, -0.05) is 36.4 Å². The van der Waals surface area contributed by atoms with E-state index in [2.05, 4.69) is 25.8 Å². The van der Waals surface area contributed by atoms with Gasteiger partial charge in [-0.25, -0.2) is 0 Å². The van der Waals surface area contributed by atoms with Crippen molar-refractivity contribution in [2.45, 2.75) is 25.9 Å². The van der Waals surface area contributed by atoms with E-state index in [0.717, 1.165) is 36.0 Å². The number of benzene rings is 1. The maximum atomic E-state index is 10.2. The number of aromatic nitrogens is 3. The minimum absolute atomic E-state index is 0.500. The zero-order valence-electron chi connectivity index (χ0n) is 15.5. The molecule has 0 spiro atoms. The first-order valence-corrected chi connectivity index (χ1v) is 9.31. The molecule has 7 heteroatoms. The van der Waals surface area contributed by atoms with Gasteiger partial charge in [0.1, 0.15) is 5.82 Å². The Labute approximate surface area is 159 Å². The molecule has 2 heterocycles. The maximum absolute atomic E-state index is 10.2. The van der Waals surface area contributed by atoms with E-state index in [9.17, 15) is 5.11 Å². The van der Waals surface area contributed by atoms with Crippen LogP contribution in [0.1, 0.15) is 30.8 Å². The SMILES string of the molecule is CCNC(=NCCC(O)c1ccccc1)NCCc1nnc2ccccn12. The van der Waals surface area contributed by atoms with Crippen molar-refractivity contribution in [3.05, 3.63) is 66.1 Å². The molecule has 142 valence electrons. The number of nitrogens with one attached hydrogen (secondary N) is 2. The molecule has 0 radical (unpaired) electrons. The molecule has 7 nitrogen and oxygen atoms in total. The molecule has 0 saturated carbocycles. The lowest BCUT2D eigenvalue weighted by atomic mass is 10.1. The van der Waals surface area contributed by atoms with Crippen LogP contribution in [-0.4, -0.2) is 45.3 Å². The van der Waals surface area contributed by atoms with Gasteiger partial charge in [-0.3, -0.25) is 9.39 Å². The van der Waals surface area contributed by atoms with Crippen LogP contribution in [0.4, 0.5) is 0 Å².